The fraction of sp³-hybridized carbons (Fsp3) is 0.726. The Kier molecular flexibility index (Phi) is 50.4. The van der Waals surface area contributed by atoms with Crippen molar-refractivity contribution < 1.29 is 32.9 Å². The van der Waals surface area contributed by atoms with Crippen molar-refractivity contribution in [3.05, 3.63) is 97.2 Å². The lowest BCUT2D eigenvalue weighted by Crippen LogP contribution is -2.46. The molecule has 71 heavy (non-hydrogen) atoms. The zero-order chi connectivity index (χ0) is 52.0. The predicted molar refractivity (Wildman–Crippen MR) is 306 cm³/mol. The second-order valence-corrected chi connectivity index (χ2v) is 22.0. The van der Waals surface area contributed by atoms with Crippen molar-refractivity contribution >= 4 is 13.7 Å². The third-order valence-corrected chi connectivity index (χ3v) is 13.6. The minimum Gasteiger partial charge on any atom is -0.756 e. The number of allylic oxidation sites excluding steroid dienone is 16. The maximum absolute atomic E-state index is 13.0. The zero-order valence-corrected chi connectivity index (χ0v) is 47.5. The first-order valence-corrected chi connectivity index (χ1v) is 30.5. The molecule has 3 atom stereocenters. The summed E-state index contributed by atoms with van der Waals surface area (Å²) in [4.78, 5) is 25.5. The fourth-order valence-corrected chi connectivity index (χ4v) is 8.78. The van der Waals surface area contributed by atoms with Crippen molar-refractivity contribution in [2.75, 3.05) is 40.9 Å². The van der Waals surface area contributed by atoms with Crippen LogP contribution in [0.3, 0.4) is 0 Å². The van der Waals surface area contributed by atoms with E-state index in [0.29, 0.717) is 23.9 Å². The number of likely N-dealkylation sites (N-methyl/N-ethyl adjacent to an activating group) is 1. The summed E-state index contributed by atoms with van der Waals surface area (Å²) in [7, 11) is 1.29. The van der Waals surface area contributed by atoms with Gasteiger partial charge in [0, 0.05) is 6.42 Å². The first kappa shape index (κ1) is 68.4. The number of hydrogen-bond acceptors (Lipinski definition) is 6. The molecule has 0 aromatic rings. The molecule has 0 aliphatic carbocycles. The molecule has 0 rings (SSSR count). The van der Waals surface area contributed by atoms with E-state index in [-0.39, 0.29) is 19.1 Å². The number of nitrogens with one attached hydrogen (secondary N) is 1. The Balaban J connectivity index is 4.18. The Bertz CT molecular complexity index is 1470. The minimum atomic E-state index is -4.58. The van der Waals surface area contributed by atoms with Crippen LogP contribution in [0.15, 0.2) is 97.2 Å². The summed E-state index contributed by atoms with van der Waals surface area (Å²) in [5.74, 6) is -0.176. The van der Waals surface area contributed by atoms with Crippen LogP contribution in [0, 0.1) is 0 Å². The first-order valence-electron chi connectivity index (χ1n) is 29.1. The number of phosphoric ester groups is 1. The molecular formula is C62H111N2O6P. The third-order valence-electron chi connectivity index (χ3n) is 12.6. The topological polar surface area (TPSA) is 108 Å². The molecule has 2 N–H and O–H groups in total. The normalized spacial score (nSPS) is 14.6. The van der Waals surface area contributed by atoms with E-state index < -0.39 is 20.0 Å². The Morgan fingerprint density at radius 3 is 1.25 bits per heavy atom. The van der Waals surface area contributed by atoms with Crippen LogP contribution < -0.4 is 10.2 Å². The highest BCUT2D eigenvalue weighted by Gasteiger charge is 2.24. The van der Waals surface area contributed by atoms with Gasteiger partial charge in [-0.3, -0.25) is 9.36 Å². The van der Waals surface area contributed by atoms with E-state index in [1.165, 1.54) is 116 Å². The monoisotopic (exact) mass is 1010 g/mol. The lowest BCUT2D eigenvalue weighted by molar-refractivity contribution is -0.870. The summed E-state index contributed by atoms with van der Waals surface area (Å²) < 4.78 is 23.4. The second kappa shape index (κ2) is 52.3. The number of carbonyl (C=O) groups is 1. The SMILES string of the molecule is CC/C=C\C/C=C\C/C=C\C/C=C\C/C=C\C/C=C\C/C=C\C/C=C\CCCCCCCCCCC(=O)NC(COP(=O)([O-])OCC[N+](C)(C)C)C(O)CCCCCCCCCCCCCCCCCC. The van der Waals surface area contributed by atoms with Crippen LogP contribution in [0.2, 0.25) is 0 Å². The molecule has 0 aliphatic rings. The molecule has 0 fully saturated rings. The van der Waals surface area contributed by atoms with Gasteiger partial charge >= 0.3 is 0 Å². The maximum atomic E-state index is 13.0. The predicted octanol–water partition coefficient (Wildman–Crippen LogP) is 17.2. The standard InChI is InChI=1S/C62H111N2O6P/c1-6-8-10-12-14-16-18-20-22-24-25-26-27-28-29-30-31-32-33-34-35-36-37-38-39-40-42-44-46-48-50-52-54-56-62(66)63-60(59-70-71(67,68)69-58-57-64(3,4)5)61(65)55-53-51-49-47-45-43-41-23-21-19-17-15-13-11-9-7-2/h8,10,14,16,20,22,25-26,28-29,31-32,34-35,37-38,60-61,65H,6-7,9,11-13,15,17-19,21,23-24,27,30,33,36,39-59H2,1-5H3,(H-,63,66,67,68)/b10-8-,16-14-,22-20-,26-25-,29-28-,32-31-,35-34-,38-37-. The highest BCUT2D eigenvalue weighted by molar-refractivity contribution is 7.45. The molecule has 0 saturated carbocycles. The van der Waals surface area contributed by atoms with Gasteiger partial charge in [-0.1, -0.05) is 252 Å². The van der Waals surface area contributed by atoms with Crippen molar-refractivity contribution in [2.45, 2.75) is 251 Å². The number of rotatable bonds is 52. The smallest absolute Gasteiger partial charge is 0.268 e. The minimum absolute atomic E-state index is 0.00609. The van der Waals surface area contributed by atoms with E-state index in [0.717, 1.165) is 96.3 Å². The first-order chi connectivity index (χ1) is 34.5. The largest absolute Gasteiger partial charge is 0.756 e. The number of carbonyl (C=O) groups excluding carboxylic acids is 1. The number of amides is 1. The van der Waals surface area contributed by atoms with Gasteiger partial charge in [-0.05, 0) is 77.0 Å². The van der Waals surface area contributed by atoms with Crippen LogP contribution in [0.5, 0.6) is 0 Å². The summed E-state index contributed by atoms with van der Waals surface area (Å²) in [6, 6.07) is -0.812. The van der Waals surface area contributed by atoms with Gasteiger partial charge in [0.25, 0.3) is 7.82 Å². The number of hydrogen-bond donors (Lipinski definition) is 2. The number of phosphoric acid groups is 1. The zero-order valence-electron chi connectivity index (χ0n) is 46.6. The van der Waals surface area contributed by atoms with E-state index in [1.807, 2.05) is 21.1 Å². The van der Waals surface area contributed by atoms with Gasteiger partial charge in [-0.15, -0.1) is 0 Å². The summed E-state index contributed by atoms with van der Waals surface area (Å²) in [6.45, 7) is 4.60. The number of unbranched alkanes of at least 4 members (excludes halogenated alkanes) is 23. The van der Waals surface area contributed by atoms with Crippen molar-refractivity contribution in [2.24, 2.45) is 0 Å². The summed E-state index contributed by atoms with van der Waals surface area (Å²) in [6.07, 6.45) is 74.3. The Morgan fingerprint density at radius 2 is 0.859 bits per heavy atom. The number of nitrogens with zero attached hydrogens (tertiary/aromatic N) is 1. The molecule has 0 heterocycles. The van der Waals surface area contributed by atoms with Crippen molar-refractivity contribution in [1.82, 2.24) is 5.32 Å². The second-order valence-electron chi connectivity index (χ2n) is 20.6. The Labute approximate surface area is 439 Å². The van der Waals surface area contributed by atoms with Gasteiger partial charge in [0.15, 0.2) is 0 Å². The molecule has 0 bridgehead atoms. The molecule has 9 heteroatoms. The summed E-state index contributed by atoms with van der Waals surface area (Å²) in [5.41, 5.74) is 0. The highest BCUT2D eigenvalue weighted by atomic mass is 31.2. The number of aliphatic hydroxyl groups is 1. The van der Waals surface area contributed by atoms with Gasteiger partial charge in [-0.25, -0.2) is 0 Å². The Morgan fingerprint density at radius 1 is 0.507 bits per heavy atom. The van der Waals surface area contributed by atoms with E-state index in [9.17, 15) is 19.4 Å². The molecule has 8 nitrogen and oxygen atoms in total. The van der Waals surface area contributed by atoms with Crippen LogP contribution in [0.4, 0.5) is 0 Å². The molecule has 0 aromatic carbocycles. The molecule has 410 valence electrons. The quantitative estimate of drug-likeness (QED) is 0.0272. The average molecular weight is 1010 g/mol. The molecule has 1 amide bonds. The lowest BCUT2D eigenvalue weighted by atomic mass is 10.0. The molecular weight excluding hydrogens is 900 g/mol. The molecule has 0 radical (unpaired) electrons. The van der Waals surface area contributed by atoms with Crippen LogP contribution >= 0.6 is 7.82 Å². The molecule has 0 spiro atoms. The van der Waals surface area contributed by atoms with Gasteiger partial charge in [0.2, 0.25) is 5.91 Å². The van der Waals surface area contributed by atoms with E-state index in [2.05, 4.69) is 116 Å². The molecule has 0 saturated heterocycles. The Hall–Kier alpha value is -2.58. The third kappa shape index (κ3) is 55.0. The van der Waals surface area contributed by atoms with Crippen molar-refractivity contribution in [3.63, 3.8) is 0 Å². The van der Waals surface area contributed by atoms with E-state index in [4.69, 9.17) is 9.05 Å². The van der Waals surface area contributed by atoms with Gasteiger partial charge in [0.05, 0.1) is 39.9 Å². The summed E-state index contributed by atoms with van der Waals surface area (Å²) >= 11 is 0. The van der Waals surface area contributed by atoms with Crippen molar-refractivity contribution in [1.29, 1.82) is 0 Å². The van der Waals surface area contributed by atoms with Gasteiger partial charge in [-0.2, -0.15) is 0 Å². The van der Waals surface area contributed by atoms with E-state index >= 15 is 0 Å². The molecule has 0 aliphatic heterocycles. The van der Waals surface area contributed by atoms with Gasteiger partial charge < -0.3 is 28.8 Å². The van der Waals surface area contributed by atoms with Crippen molar-refractivity contribution in [3.8, 4) is 0 Å². The molecule has 3 unspecified atom stereocenters. The summed E-state index contributed by atoms with van der Waals surface area (Å²) in [5, 5.41) is 14.0. The van der Waals surface area contributed by atoms with Crippen LogP contribution in [0.1, 0.15) is 239 Å². The van der Waals surface area contributed by atoms with Crippen LogP contribution in [-0.2, 0) is 18.4 Å². The van der Waals surface area contributed by atoms with Crippen LogP contribution in [0.25, 0.3) is 0 Å². The lowest BCUT2D eigenvalue weighted by Gasteiger charge is -2.30. The van der Waals surface area contributed by atoms with Gasteiger partial charge in [0.1, 0.15) is 13.2 Å². The fourth-order valence-electron chi connectivity index (χ4n) is 8.06. The number of quaternary nitrogens is 1. The maximum Gasteiger partial charge on any atom is 0.268 e. The number of aliphatic hydroxyl groups excluding tert-OH is 1. The highest BCUT2D eigenvalue weighted by Crippen LogP contribution is 2.38. The van der Waals surface area contributed by atoms with Crippen LogP contribution in [-0.4, -0.2) is 68.5 Å². The molecule has 0 aromatic heterocycles. The average Bonchev–Trinajstić information content (AvgIpc) is 3.33. The van der Waals surface area contributed by atoms with E-state index in [1.54, 1.807) is 0 Å².